The summed E-state index contributed by atoms with van der Waals surface area (Å²) in [6.45, 7) is 21.1. The van der Waals surface area contributed by atoms with Crippen molar-refractivity contribution >= 4 is 11.8 Å². The molecule has 0 saturated heterocycles. The van der Waals surface area contributed by atoms with E-state index in [4.69, 9.17) is 9.47 Å². The molecule has 0 aromatic heterocycles. The van der Waals surface area contributed by atoms with E-state index in [1.54, 1.807) is 0 Å². The number of halogens is 4. The minimum atomic E-state index is -3.45. The van der Waals surface area contributed by atoms with Gasteiger partial charge in [-0.25, -0.2) is 0 Å². The Balaban J connectivity index is 4.32. The standard InChI is InChI=1S/C31H58F4N2O4/c1-26(2,3)20-36-24(38)30(32,33)14-11-12-18-41-23-29(9,10)17-16-28(7,8)21-37-25(39)31(34,35)15-13-19-40-22-27(4,5)6/h11-23H2,1-10H3,(H,36,38)(H,37,39). The summed E-state index contributed by atoms with van der Waals surface area (Å²) in [6.07, 6.45) is 0.984. The number of unbranched alkanes of at least 4 members (excludes halogenated alkanes) is 1. The van der Waals surface area contributed by atoms with E-state index in [9.17, 15) is 27.2 Å². The van der Waals surface area contributed by atoms with Gasteiger partial charge in [-0.15, -0.1) is 0 Å². The Kier molecular flexibility index (Phi) is 15.9. The highest BCUT2D eigenvalue weighted by atomic mass is 19.3. The van der Waals surface area contributed by atoms with E-state index < -0.39 is 41.9 Å². The first-order valence-corrected chi connectivity index (χ1v) is 14.9. The maximum atomic E-state index is 14.3. The zero-order valence-electron chi connectivity index (χ0n) is 27.3. The Morgan fingerprint density at radius 3 is 1.49 bits per heavy atom. The van der Waals surface area contributed by atoms with Crippen LogP contribution in [0.1, 0.15) is 114 Å². The fraction of sp³-hybridized carbons (Fsp3) is 0.935. The summed E-state index contributed by atoms with van der Waals surface area (Å²) >= 11 is 0. The number of hydrogen-bond donors (Lipinski definition) is 2. The second-order valence-corrected chi connectivity index (χ2v) is 15.4. The molecule has 6 nitrogen and oxygen atoms in total. The molecule has 0 unspecified atom stereocenters. The first-order valence-electron chi connectivity index (χ1n) is 14.9. The highest BCUT2D eigenvalue weighted by molar-refractivity contribution is 5.83. The van der Waals surface area contributed by atoms with Crippen LogP contribution in [-0.4, -0.2) is 63.2 Å². The molecule has 0 rings (SSSR count). The van der Waals surface area contributed by atoms with Crippen LogP contribution in [0.15, 0.2) is 0 Å². The monoisotopic (exact) mass is 598 g/mol. The van der Waals surface area contributed by atoms with Gasteiger partial charge in [-0.05, 0) is 53.8 Å². The number of ether oxygens (including phenoxy) is 2. The number of amides is 2. The summed E-state index contributed by atoms with van der Waals surface area (Å²) in [6, 6.07) is 0. The highest BCUT2D eigenvalue weighted by Gasteiger charge is 2.39. The molecule has 0 heterocycles. The Morgan fingerprint density at radius 1 is 0.537 bits per heavy atom. The van der Waals surface area contributed by atoms with Crippen LogP contribution in [0.5, 0.6) is 0 Å². The minimum absolute atomic E-state index is 0.0428. The number of hydrogen-bond acceptors (Lipinski definition) is 4. The van der Waals surface area contributed by atoms with Crippen LogP contribution < -0.4 is 10.6 Å². The van der Waals surface area contributed by atoms with Crippen molar-refractivity contribution in [3.05, 3.63) is 0 Å². The van der Waals surface area contributed by atoms with Crippen molar-refractivity contribution in [2.75, 3.05) is 39.5 Å². The average Bonchev–Trinajstić information content (AvgIpc) is 2.80. The summed E-state index contributed by atoms with van der Waals surface area (Å²) in [5.74, 6) is -9.36. The van der Waals surface area contributed by atoms with E-state index in [1.807, 2.05) is 69.2 Å². The van der Waals surface area contributed by atoms with Gasteiger partial charge >= 0.3 is 11.8 Å². The van der Waals surface area contributed by atoms with Gasteiger partial charge < -0.3 is 20.1 Å². The van der Waals surface area contributed by atoms with Crippen molar-refractivity contribution in [1.82, 2.24) is 10.6 Å². The summed E-state index contributed by atoms with van der Waals surface area (Å²) in [5, 5.41) is 4.73. The van der Waals surface area contributed by atoms with Gasteiger partial charge in [-0.3, -0.25) is 9.59 Å². The molecule has 0 bridgehead atoms. The molecule has 0 aliphatic heterocycles. The molecule has 10 heteroatoms. The van der Waals surface area contributed by atoms with Crippen molar-refractivity contribution in [3.8, 4) is 0 Å². The normalized spacial score (nSPS) is 13.8. The molecule has 2 N–H and O–H groups in total. The maximum Gasteiger partial charge on any atom is 0.324 e. The molecule has 0 atom stereocenters. The van der Waals surface area contributed by atoms with Crippen LogP contribution in [0.3, 0.4) is 0 Å². The number of rotatable bonds is 20. The van der Waals surface area contributed by atoms with Gasteiger partial charge in [0.2, 0.25) is 0 Å². The number of carbonyl (C=O) groups excluding carboxylic acids is 2. The van der Waals surface area contributed by atoms with E-state index in [0.29, 0.717) is 32.7 Å². The second-order valence-electron chi connectivity index (χ2n) is 15.4. The van der Waals surface area contributed by atoms with Crippen molar-refractivity contribution in [2.24, 2.45) is 21.7 Å². The number of nitrogens with one attached hydrogen (secondary N) is 2. The Labute approximate surface area is 246 Å². The van der Waals surface area contributed by atoms with Gasteiger partial charge in [0.15, 0.2) is 0 Å². The quantitative estimate of drug-likeness (QED) is 0.113. The van der Waals surface area contributed by atoms with Crippen molar-refractivity contribution in [3.63, 3.8) is 0 Å². The smallest absolute Gasteiger partial charge is 0.324 e. The van der Waals surface area contributed by atoms with E-state index >= 15 is 0 Å². The third kappa shape index (κ3) is 20.2. The molecular weight excluding hydrogens is 540 g/mol. The maximum absolute atomic E-state index is 14.3. The van der Waals surface area contributed by atoms with Gasteiger partial charge in [0, 0.05) is 39.1 Å². The molecule has 0 fully saturated rings. The Bertz CT molecular complexity index is 788. The first kappa shape index (κ1) is 39.6. The van der Waals surface area contributed by atoms with Crippen LogP contribution in [0.25, 0.3) is 0 Å². The fourth-order valence-corrected chi connectivity index (χ4v) is 3.66. The fourth-order valence-electron chi connectivity index (χ4n) is 3.66. The number of alkyl halides is 4. The highest BCUT2D eigenvalue weighted by Crippen LogP contribution is 2.31. The van der Waals surface area contributed by atoms with E-state index in [-0.39, 0.29) is 48.8 Å². The second kappa shape index (κ2) is 16.4. The lowest BCUT2D eigenvalue weighted by Gasteiger charge is -2.31. The zero-order chi connectivity index (χ0) is 32.2. The SMILES string of the molecule is CC(C)(C)CNC(=O)C(F)(F)CCCCOCC(C)(C)CCC(C)(C)CNC(=O)C(F)(F)CCCOCC(C)(C)C. The van der Waals surface area contributed by atoms with E-state index in [0.717, 1.165) is 6.42 Å². The van der Waals surface area contributed by atoms with Gasteiger partial charge in [-0.2, -0.15) is 17.6 Å². The third-order valence-electron chi connectivity index (χ3n) is 6.49. The Hall–Kier alpha value is -1.42. The van der Waals surface area contributed by atoms with Crippen LogP contribution in [0, 0.1) is 21.7 Å². The molecule has 0 aromatic carbocycles. The van der Waals surface area contributed by atoms with Crippen molar-refractivity contribution < 1.29 is 36.6 Å². The first-order chi connectivity index (χ1) is 18.4. The third-order valence-corrected chi connectivity index (χ3v) is 6.49. The zero-order valence-corrected chi connectivity index (χ0v) is 27.3. The molecule has 0 aliphatic rings. The largest absolute Gasteiger partial charge is 0.381 e. The Morgan fingerprint density at radius 2 is 0.976 bits per heavy atom. The molecular formula is C31H58F4N2O4. The lowest BCUT2D eigenvalue weighted by Crippen LogP contribution is -2.44. The van der Waals surface area contributed by atoms with Gasteiger partial charge in [0.05, 0.1) is 13.2 Å². The molecule has 0 radical (unpaired) electrons. The summed E-state index contributed by atoms with van der Waals surface area (Å²) in [7, 11) is 0. The van der Waals surface area contributed by atoms with Crippen LogP contribution >= 0.6 is 0 Å². The van der Waals surface area contributed by atoms with Crippen molar-refractivity contribution in [2.45, 2.75) is 126 Å². The molecule has 0 aromatic rings. The predicted octanol–water partition coefficient (Wildman–Crippen LogP) is 7.40. The average molecular weight is 599 g/mol. The van der Waals surface area contributed by atoms with Crippen LogP contribution in [0.4, 0.5) is 17.6 Å². The van der Waals surface area contributed by atoms with Gasteiger partial charge in [0.25, 0.3) is 11.8 Å². The van der Waals surface area contributed by atoms with E-state index in [1.165, 1.54) is 0 Å². The van der Waals surface area contributed by atoms with Crippen LogP contribution in [0.2, 0.25) is 0 Å². The molecule has 2 amide bonds. The molecule has 0 saturated carbocycles. The predicted molar refractivity (Wildman–Crippen MR) is 156 cm³/mol. The number of carbonyl (C=O) groups is 2. The topological polar surface area (TPSA) is 76.7 Å². The lowest BCUT2D eigenvalue weighted by atomic mass is 9.79. The lowest BCUT2D eigenvalue weighted by molar-refractivity contribution is -0.147. The van der Waals surface area contributed by atoms with E-state index in [2.05, 4.69) is 10.6 Å². The summed E-state index contributed by atoms with van der Waals surface area (Å²) in [4.78, 5) is 23.9. The van der Waals surface area contributed by atoms with Crippen molar-refractivity contribution in [1.29, 1.82) is 0 Å². The molecule has 0 spiro atoms. The molecule has 244 valence electrons. The summed E-state index contributed by atoms with van der Waals surface area (Å²) in [5.41, 5.74) is -0.947. The molecule has 0 aliphatic carbocycles. The van der Waals surface area contributed by atoms with Crippen LogP contribution in [-0.2, 0) is 19.1 Å². The summed E-state index contributed by atoms with van der Waals surface area (Å²) < 4.78 is 67.9. The minimum Gasteiger partial charge on any atom is -0.381 e. The van der Waals surface area contributed by atoms with Gasteiger partial charge in [0.1, 0.15) is 0 Å². The molecule has 41 heavy (non-hydrogen) atoms. The van der Waals surface area contributed by atoms with Gasteiger partial charge in [-0.1, -0.05) is 69.2 Å².